The van der Waals surface area contributed by atoms with E-state index in [9.17, 15) is 4.79 Å². The standard InChI is InChI=1S/C15H22N2O2/c1-13-4-3-5-14(10-13)11-16-6-8-17(9-7-16)12-15(18)19-2/h3-5,10H,6-9,11-12H2,1-2H3. The maximum atomic E-state index is 11.2. The highest BCUT2D eigenvalue weighted by molar-refractivity contribution is 5.71. The SMILES string of the molecule is COC(=O)CN1CCN(Cc2cccc(C)c2)CC1. The molecule has 1 aromatic carbocycles. The maximum Gasteiger partial charge on any atom is 0.319 e. The number of aryl methyl sites for hydroxylation is 1. The normalized spacial score (nSPS) is 17.4. The molecule has 0 spiro atoms. The van der Waals surface area contributed by atoms with Crippen LogP contribution in [-0.4, -0.2) is 55.6 Å². The van der Waals surface area contributed by atoms with Gasteiger partial charge in [0.25, 0.3) is 0 Å². The smallest absolute Gasteiger partial charge is 0.319 e. The monoisotopic (exact) mass is 262 g/mol. The molecule has 0 saturated carbocycles. The Morgan fingerprint density at radius 1 is 1.21 bits per heavy atom. The van der Waals surface area contributed by atoms with Crippen molar-refractivity contribution in [2.45, 2.75) is 13.5 Å². The third-order valence-electron chi connectivity index (χ3n) is 3.53. The predicted molar refractivity (Wildman–Crippen MR) is 74.9 cm³/mol. The number of hydrogen-bond donors (Lipinski definition) is 0. The highest BCUT2D eigenvalue weighted by Crippen LogP contribution is 2.10. The second-order valence-electron chi connectivity index (χ2n) is 5.12. The molecule has 2 rings (SSSR count). The van der Waals surface area contributed by atoms with Gasteiger partial charge in [-0.1, -0.05) is 29.8 Å². The number of benzene rings is 1. The fraction of sp³-hybridized carbons (Fsp3) is 0.533. The van der Waals surface area contributed by atoms with Gasteiger partial charge in [-0.3, -0.25) is 14.6 Å². The summed E-state index contributed by atoms with van der Waals surface area (Å²) in [5.41, 5.74) is 2.67. The summed E-state index contributed by atoms with van der Waals surface area (Å²) >= 11 is 0. The topological polar surface area (TPSA) is 32.8 Å². The van der Waals surface area contributed by atoms with E-state index in [2.05, 4.69) is 41.0 Å². The van der Waals surface area contributed by atoms with E-state index >= 15 is 0 Å². The third-order valence-corrected chi connectivity index (χ3v) is 3.53. The van der Waals surface area contributed by atoms with E-state index in [1.54, 1.807) is 0 Å². The van der Waals surface area contributed by atoms with E-state index in [1.807, 2.05) is 0 Å². The van der Waals surface area contributed by atoms with Gasteiger partial charge in [0, 0.05) is 32.7 Å². The molecule has 4 heteroatoms. The van der Waals surface area contributed by atoms with Crippen molar-refractivity contribution in [2.75, 3.05) is 39.8 Å². The van der Waals surface area contributed by atoms with Gasteiger partial charge in [-0.25, -0.2) is 0 Å². The molecular weight excluding hydrogens is 240 g/mol. The summed E-state index contributed by atoms with van der Waals surface area (Å²) in [6.45, 7) is 7.40. The Labute approximate surface area is 115 Å². The molecule has 1 fully saturated rings. The van der Waals surface area contributed by atoms with Gasteiger partial charge >= 0.3 is 5.97 Å². The molecule has 4 nitrogen and oxygen atoms in total. The predicted octanol–water partition coefficient (Wildman–Crippen LogP) is 1.29. The summed E-state index contributed by atoms with van der Waals surface area (Å²) in [7, 11) is 1.44. The Morgan fingerprint density at radius 3 is 2.53 bits per heavy atom. The van der Waals surface area contributed by atoms with Crippen molar-refractivity contribution < 1.29 is 9.53 Å². The molecule has 0 unspecified atom stereocenters. The minimum atomic E-state index is -0.146. The molecule has 19 heavy (non-hydrogen) atoms. The molecule has 1 saturated heterocycles. The summed E-state index contributed by atoms with van der Waals surface area (Å²) in [5.74, 6) is -0.146. The number of carbonyl (C=O) groups is 1. The molecule has 0 N–H and O–H groups in total. The minimum Gasteiger partial charge on any atom is -0.468 e. The summed E-state index contributed by atoms with van der Waals surface area (Å²) in [4.78, 5) is 15.8. The van der Waals surface area contributed by atoms with Crippen molar-refractivity contribution in [3.8, 4) is 0 Å². The van der Waals surface area contributed by atoms with E-state index in [0.717, 1.165) is 32.7 Å². The van der Waals surface area contributed by atoms with Gasteiger partial charge in [-0.05, 0) is 12.5 Å². The molecule has 0 aliphatic carbocycles. The quantitative estimate of drug-likeness (QED) is 0.765. The van der Waals surface area contributed by atoms with Gasteiger partial charge in [0.1, 0.15) is 0 Å². The van der Waals surface area contributed by atoms with Crippen molar-refractivity contribution >= 4 is 5.97 Å². The first-order chi connectivity index (χ1) is 9.17. The van der Waals surface area contributed by atoms with Gasteiger partial charge in [-0.2, -0.15) is 0 Å². The molecule has 0 atom stereocenters. The van der Waals surface area contributed by atoms with Crippen LogP contribution in [0.1, 0.15) is 11.1 Å². The lowest BCUT2D eigenvalue weighted by Gasteiger charge is -2.34. The number of carbonyl (C=O) groups excluding carboxylic acids is 1. The van der Waals surface area contributed by atoms with Crippen LogP contribution in [0.3, 0.4) is 0 Å². The average molecular weight is 262 g/mol. The number of rotatable bonds is 4. The minimum absolute atomic E-state index is 0.146. The highest BCUT2D eigenvalue weighted by atomic mass is 16.5. The Balaban J connectivity index is 1.79. The molecule has 0 amide bonds. The van der Waals surface area contributed by atoms with Crippen molar-refractivity contribution in [1.29, 1.82) is 0 Å². The van der Waals surface area contributed by atoms with Crippen molar-refractivity contribution in [3.63, 3.8) is 0 Å². The van der Waals surface area contributed by atoms with Crippen LogP contribution in [0.25, 0.3) is 0 Å². The molecule has 1 aliphatic heterocycles. The summed E-state index contributed by atoms with van der Waals surface area (Å²) in [6, 6.07) is 8.64. The van der Waals surface area contributed by atoms with Gasteiger partial charge in [0.15, 0.2) is 0 Å². The van der Waals surface area contributed by atoms with Crippen LogP contribution in [0, 0.1) is 6.92 Å². The number of ether oxygens (including phenoxy) is 1. The van der Waals surface area contributed by atoms with E-state index in [1.165, 1.54) is 18.2 Å². The zero-order chi connectivity index (χ0) is 13.7. The Bertz CT molecular complexity index is 426. The molecule has 0 aromatic heterocycles. The first-order valence-corrected chi connectivity index (χ1v) is 6.74. The lowest BCUT2D eigenvalue weighted by molar-refractivity contribution is -0.142. The zero-order valence-corrected chi connectivity index (χ0v) is 11.8. The number of methoxy groups -OCH3 is 1. The van der Waals surface area contributed by atoms with Crippen molar-refractivity contribution in [1.82, 2.24) is 9.80 Å². The van der Waals surface area contributed by atoms with Gasteiger partial charge in [0.05, 0.1) is 13.7 Å². The molecule has 104 valence electrons. The van der Waals surface area contributed by atoms with Crippen LogP contribution in [0.15, 0.2) is 24.3 Å². The number of nitrogens with zero attached hydrogens (tertiary/aromatic N) is 2. The van der Waals surface area contributed by atoms with Crippen LogP contribution >= 0.6 is 0 Å². The number of piperazine rings is 1. The molecule has 0 radical (unpaired) electrons. The van der Waals surface area contributed by atoms with Crippen LogP contribution in [0.5, 0.6) is 0 Å². The molecule has 1 heterocycles. The van der Waals surface area contributed by atoms with E-state index < -0.39 is 0 Å². The zero-order valence-electron chi connectivity index (χ0n) is 11.8. The van der Waals surface area contributed by atoms with E-state index in [-0.39, 0.29) is 5.97 Å². The van der Waals surface area contributed by atoms with Gasteiger partial charge in [-0.15, -0.1) is 0 Å². The maximum absolute atomic E-state index is 11.2. The Kier molecular flexibility index (Phi) is 4.93. The largest absolute Gasteiger partial charge is 0.468 e. The number of esters is 1. The van der Waals surface area contributed by atoms with Crippen LogP contribution in [-0.2, 0) is 16.1 Å². The second kappa shape index (κ2) is 6.68. The molecule has 1 aliphatic rings. The van der Waals surface area contributed by atoms with Crippen LogP contribution < -0.4 is 0 Å². The van der Waals surface area contributed by atoms with Gasteiger partial charge in [0.2, 0.25) is 0 Å². The fourth-order valence-electron chi connectivity index (χ4n) is 2.42. The number of hydrogen-bond acceptors (Lipinski definition) is 4. The summed E-state index contributed by atoms with van der Waals surface area (Å²) in [6.07, 6.45) is 0. The van der Waals surface area contributed by atoms with E-state index in [4.69, 9.17) is 4.74 Å². The lowest BCUT2D eigenvalue weighted by Crippen LogP contribution is -2.47. The molecular formula is C15H22N2O2. The Morgan fingerprint density at radius 2 is 1.89 bits per heavy atom. The molecule has 0 bridgehead atoms. The summed E-state index contributed by atoms with van der Waals surface area (Å²) in [5, 5.41) is 0. The summed E-state index contributed by atoms with van der Waals surface area (Å²) < 4.78 is 4.69. The van der Waals surface area contributed by atoms with Crippen LogP contribution in [0.2, 0.25) is 0 Å². The van der Waals surface area contributed by atoms with Crippen molar-refractivity contribution in [3.05, 3.63) is 35.4 Å². The van der Waals surface area contributed by atoms with Crippen LogP contribution in [0.4, 0.5) is 0 Å². The third kappa shape index (κ3) is 4.33. The first kappa shape index (κ1) is 14.0. The molecule has 1 aromatic rings. The first-order valence-electron chi connectivity index (χ1n) is 6.74. The van der Waals surface area contributed by atoms with Gasteiger partial charge < -0.3 is 4.74 Å². The van der Waals surface area contributed by atoms with Crippen molar-refractivity contribution in [2.24, 2.45) is 0 Å². The lowest BCUT2D eigenvalue weighted by atomic mass is 10.1. The average Bonchev–Trinajstić information content (AvgIpc) is 2.41. The van der Waals surface area contributed by atoms with E-state index in [0.29, 0.717) is 6.54 Å². The Hall–Kier alpha value is -1.39. The highest BCUT2D eigenvalue weighted by Gasteiger charge is 2.19. The fourth-order valence-corrected chi connectivity index (χ4v) is 2.42. The second-order valence-corrected chi connectivity index (χ2v) is 5.12.